The van der Waals surface area contributed by atoms with E-state index in [4.69, 9.17) is 5.11 Å². The number of halogens is 1. The Morgan fingerprint density at radius 3 is 2.88 bits per heavy atom. The number of aliphatic carboxylic acids is 1. The van der Waals surface area contributed by atoms with E-state index >= 15 is 0 Å². The van der Waals surface area contributed by atoms with Crippen molar-refractivity contribution in [3.8, 4) is 0 Å². The smallest absolute Gasteiger partial charge is 0.308 e. The van der Waals surface area contributed by atoms with Gasteiger partial charge < -0.3 is 10.4 Å². The molecule has 2 rings (SSSR count). The molecule has 1 amide bonds. The Bertz CT molecular complexity index is 717. The largest absolute Gasteiger partial charge is 0.481 e. The SMILES string of the molecule is CCCC(CNC(=O)c1csc(Cc2cccc(F)c2)n1)C(=O)O. The van der Waals surface area contributed by atoms with Crippen molar-refractivity contribution in [2.45, 2.75) is 26.2 Å². The normalized spacial score (nSPS) is 11.9. The maximum atomic E-state index is 13.2. The van der Waals surface area contributed by atoms with Crippen molar-refractivity contribution >= 4 is 23.2 Å². The van der Waals surface area contributed by atoms with E-state index in [9.17, 15) is 14.0 Å². The van der Waals surface area contributed by atoms with Crippen molar-refractivity contribution in [1.29, 1.82) is 0 Å². The van der Waals surface area contributed by atoms with Gasteiger partial charge in [0.2, 0.25) is 0 Å². The van der Waals surface area contributed by atoms with E-state index in [1.807, 2.05) is 6.92 Å². The molecule has 0 aliphatic rings. The van der Waals surface area contributed by atoms with Gasteiger partial charge in [-0.25, -0.2) is 9.37 Å². The van der Waals surface area contributed by atoms with E-state index in [1.54, 1.807) is 17.5 Å². The first kappa shape index (κ1) is 18.1. The second-order valence-corrected chi connectivity index (χ2v) is 6.41. The molecule has 1 atom stereocenters. The maximum Gasteiger partial charge on any atom is 0.308 e. The number of thiazole rings is 1. The zero-order valence-electron chi connectivity index (χ0n) is 13.3. The quantitative estimate of drug-likeness (QED) is 0.767. The topological polar surface area (TPSA) is 79.3 Å². The predicted molar refractivity (Wildman–Crippen MR) is 89.7 cm³/mol. The minimum Gasteiger partial charge on any atom is -0.481 e. The lowest BCUT2D eigenvalue weighted by Crippen LogP contribution is -2.33. The second-order valence-electron chi connectivity index (χ2n) is 5.47. The molecule has 0 saturated carbocycles. The van der Waals surface area contributed by atoms with Gasteiger partial charge >= 0.3 is 5.97 Å². The van der Waals surface area contributed by atoms with E-state index in [0.29, 0.717) is 17.8 Å². The molecule has 7 heteroatoms. The highest BCUT2D eigenvalue weighted by molar-refractivity contribution is 7.09. The summed E-state index contributed by atoms with van der Waals surface area (Å²) in [5.74, 6) is -2.21. The van der Waals surface area contributed by atoms with E-state index < -0.39 is 11.9 Å². The first-order valence-corrected chi connectivity index (χ1v) is 8.57. The van der Waals surface area contributed by atoms with Crippen LogP contribution in [0.25, 0.3) is 0 Å². The lowest BCUT2D eigenvalue weighted by Gasteiger charge is -2.11. The first-order valence-electron chi connectivity index (χ1n) is 7.69. The summed E-state index contributed by atoms with van der Waals surface area (Å²) in [4.78, 5) is 27.4. The van der Waals surface area contributed by atoms with Crippen LogP contribution in [0.15, 0.2) is 29.6 Å². The third kappa shape index (κ3) is 5.13. The summed E-state index contributed by atoms with van der Waals surface area (Å²) in [6.45, 7) is 1.98. The van der Waals surface area contributed by atoms with Gasteiger partial charge in [0.25, 0.3) is 5.91 Å². The Kier molecular flexibility index (Phi) is 6.43. The summed E-state index contributed by atoms with van der Waals surface area (Å²) in [5.41, 5.74) is 1.04. The molecule has 0 aliphatic carbocycles. The van der Waals surface area contributed by atoms with E-state index in [2.05, 4.69) is 10.3 Å². The van der Waals surface area contributed by atoms with Gasteiger partial charge in [-0.05, 0) is 24.1 Å². The molecule has 0 aliphatic heterocycles. The average Bonchev–Trinajstić information content (AvgIpc) is 2.99. The van der Waals surface area contributed by atoms with E-state index in [1.165, 1.54) is 23.5 Å². The average molecular weight is 350 g/mol. The highest BCUT2D eigenvalue weighted by Gasteiger charge is 2.18. The summed E-state index contributed by atoms with van der Waals surface area (Å²) in [6, 6.07) is 6.24. The highest BCUT2D eigenvalue weighted by atomic mass is 32.1. The van der Waals surface area contributed by atoms with Gasteiger partial charge in [-0.1, -0.05) is 25.5 Å². The molecular formula is C17H19FN2O3S. The highest BCUT2D eigenvalue weighted by Crippen LogP contribution is 2.16. The van der Waals surface area contributed by atoms with Gasteiger partial charge in [-0.2, -0.15) is 0 Å². The number of carbonyl (C=O) groups excluding carboxylic acids is 1. The molecule has 1 aromatic heterocycles. The van der Waals surface area contributed by atoms with E-state index in [0.717, 1.165) is 12.0 Å². The van der Waals surface area contributed by atoms with E-state index in [-0.39, 0.29) is 24.0 Å². The number of carboxylic acids is 1. The number of benzene rings is 1. The van der Waals surface area contributed by atoms with Crippen molar-refractivity contribution < 1.29 is 19.1 Å². The van der Waals surface area contributed by atoms with Crippen LogP contribution in [-0.2, 0) is 11.2 Å². The summed E-state index contributed by atoms with van der Waals surface area (Å²) in [5, 5.41) is 14.0. The van der Waals surface area contributed by atoms with Crippen molar-refractivity contribution in [2.24, 2.45) is 5.92 Å². The van der Waals surface area contributed by atoms with Crippen LogP contribution in [-0.4, -0.2) is 28.5 Å². The van der Waals surface area contributed by atoms with Gasteiger partial charge in [0.15, 0.2) is 0 Å². The van der Waals surface area contributed by atoms with Crippen LogP contribution in [0.3, 0.4) is 0 Å². The Hall–Kier alpha value is -2.28. The molecule has 2 aromatic rings. The number of hydrogen-bond acceptors (Lipinski definition) is 4. The predicted octanol–water partition coefficient (Wildman–Crippen LogP) is 3.10. The summed E-state index contributed by atoms with van der Waals surface area (Å²) in [7, 11) is 0. The molecule has 5 nitrogen and oxygen atoms in total. The van der Waals surface area contributed by atoms with Crippen LogP contribution < -0.4 is 5.32 Å². The van der Waals surface area contributed by atoms with Crippen molar-refractivity contribution in [2.75, 3.05) is 6.54 Å². The summed E-state index contributed by atoms with van der Waals surface area (Å²) >= 11 is 1.32. The molecule has 24 heavy (non-hydrogen) atoms. The number of amides is 1. The van der Waals surface area contributed by atoms with Gasteiger partial charge in [-0.15, -0.1) is 11.3 Å². The van der Waals surface area contributed by atoms with Crippen LogP contribution in [0.1, 0.15) is 40.8 Å². The number of nitrogens with one attached hydrogen (secondary N) is 1. The first-order chi connectivity index (χ1) is 11.5. The summed E-state index contributed by atoms with van der Waals surface area (Å²) < 4.78 is 13.2. The molecule has 0 saturated heterocycles. The lowest BCUT2D eigenvalue weighted by molar-refractivity contribution is -0.141. The standard InChI is InChI=1S/C17H19FN2O3S/c1-2-4-12(17(22)23)9-19-16(21)14-10-24-15(20-14)8-11-5-3-6-13(18)7-11/h3,5-7,10,12H,2,4,8-9H2,1H3,(H,19,21)(H,22,23). The number of carbonyl (C=O) groups is 2. The minimum absolute atomic E-state index is 0.0821. The molecular weight excluding hydrogens is 331 g/mol. The molecule has 128 valence electrons. The Morgan fingerprint density at radius 1 is 1.42 bits per heavy atom. The van der Waals surface area contributed by atoms with Crippen molar-refractivity contribution in [3.05, 3.63) is 51.7 Å². The summed E-state index contributed by atoms with van der Waals surface area (Å²) in [6.07, 6.45) is 1.70. The number of hydrogen-bond donors (Lipinski definition) is 2. The van der Waals surface area contributed by atoms with Gasteiger partial charge in [0, 0.05) is 18.3 Å². The second kappa shape index (κ2) is 8.54. The number of carboxylic acid groups (broad SMARTS) is 1. The fourth-order valence-corrected chi connectivity index (χ4v) is 3.09. The van der Waals surface area contributed by atoms with Crippen molar-refractivity contribution in [1.82, 2.24) is 10.3 Å². The van der Waals surface area contributed by atoms with Crippen LogP contribution in [0.2, 0.25) is 0 Å². The third-order valence-corrected chi connectivity index (χ3v) is 4.37. The molecule has 2 N–H and O–H groups in total. The Balaban J connectivity index is 1.94. The fraction of sp³-hybridized carbons (Fsp3) is 0.353. The molecule has 1 aromatic carbocycles. The molecule has 1 unspecified atom stereocenters. The fourth-order valence-electron chi connectivity index (χ4n) is 2.29. The number of nitrogens with zero attached hydrogens (tertiary/aromatic N) is 1. The van der Waals surface area contributed by atoms with Crippen LogP contribution in [0, 0.1) is 11.7 Å². The molecule has 1 heterocycles. The minimum atomic E-state index is -0.915. The maximum absolute atomic E-state index is 13.2. The van der Waals surface area contributed by atoms with Crippen LogP contribution >= 0.6 is 11.3 Å². The van der Waals surface area contributed by atoms with Crippen molar-refractivity contribution in [3.63, 3.8) is 0 Å². The molecule has 0 bridgehead atoms. The van der Waals surface area contributed by atoms with Gasteiger partial charge in [0.1, 0.15) is 11.5 Å². The zero-order valence-corrected chi connectivity index (χ0v) is 14.1. The Labute approximate surface area is 143 Å². The number of aromatic nitrogens is 1. The van der Waals surface area contributed by atoms with Gasteiger partial charge in [0.05, 0.1) is 10.9 Å². The third-order valence-electron chi connectivity index (χ3n) is 3.52. The zero-order chi connectivity index (χ0) is 17.5. The monoisotopic (exact) mass is 350 g/mol. The van der Waals surface area contributed by atoms with Gasteiger partial charge in [-0.3, -0.25) is 9.59 Å². The Morgan fingerprint density at radius 2 is 2.21 bits per heavy atom. The van der Waals surface area contributed by atoms with Crippen LogP contribution in [0.5, 0.6) is 0 Å². The lowest BCUT2D eigenvalue weighted by atomic mass is 10.0. The van der Waals surface area contributed by atoms with Crippen LogP contribution in [0.4, 0.5) is 4.39 Å². The molecule has 0 radical (unpaired) electrons. The molecule has 0 fully saturated rings. The molecule has 0 spiro atoms. The number of rotatable bonds is 8.